The van der Waals surface area contributed by atoms with Gasteiger partial charge in [-0.25, -0.2) is 14.8 Å². The minimum Gasteiger partial charge on any atom is -0.462 e. The van der Waals surface area contributed by atoms with Crippen LogP contribution in [0.25, 0.3) is 11.6 Å². The quantitative estimate of drug-likeness (QED) is 0.800. The molecule has 0 atom stereocenters. The van der Waals surface area contributed by atoms with Crippen molar-refractivity contribution in [2.45, 2.75) is 32.6 Å². The number of furan rings is 1. The highest BCUT2D eigenvalue weighted by atomic mass is 16.5. The van der Waals surface area contributed by atoms with E-state index >= 15 is 0 Å². The van der Waals surface area contributed by atoms with Gasteiger partial charge in [0.05, 0.1) is 24.1 Å². The Balaban J connectivity index is 2.02. The van der Waals surface area contributed by atoms with E-state index in [1.807, 2.05) is 13.0 Å². The first-order valence-corrected chi connectivity index (χ1v) is 6.79. The van der Waals surface area contributed by atoms with Crippen molar-refractivity contribution in [1.82, 2.24) is 9.97 Å². The molecule has 0 aliphatic heterocycles. The first kappa shape index (κ1) is 12.8. The van der Waals surface area contributed by atoms with E-state index in [0.717, 1.165) is 24.1 Å². The summed E-state index contributed by atoms with van der Waals surface area (Å²) in [5.74, 6) is 1.17. The minimum absolute atomic E-state index is 0.339. The van der Waals surface area contributed by atoms with Gasteiger partial charge < -0.3 is 9.15 Å². The lowest BCUT2D eigenvalue weighted by atomic mass is 10.1. The summed E-state index contributed by atoms with van der Waals surface area (Å²) in [7, 11) is 0. The molecule has 2 aromatic heterocycles. The Hall–Kier alpha value is -2.17. The van der Waals surface area contributed by atoms with Crippen molar-refractivity contribution >= 4 is 5.97 Å². The number of carbonyl (C=O) groups is 1. The molecular weight excluding hydrogens is 256 g/mol. The molecule has 20 heavy (non-hydrogen) atoms. The summed E-state index contributed by atoms with van der Waals surface area (Å²) in [4.78, 5) is 20.7. The molecular formula is C15H16N2O3. The molecule has 5 nitrogen and oxygen atoms in total. The molecule has 0 radical (unpaired) electrons. The van der Waals surface area contributed by atoms with Crippen LogP contribution in [-0.2, 0) is 4.74 Å². The van der Waals surface area contributed by atoms with Crippen LogP contribution < -0.4 is 0 Å². The molecule has 1 saturated carbocycles. The van der Waals surface area contributed by atoms with E-state index in [4.69, 9.17) is 9.15 Å². The maximum Gasteiger partial charge on any atom is 0.341 e. The third kappa shape index (κ3) is 2.31. The van der Waals surface area contributed by atoms with Gasteiger partial charge in [0.2, 0.25) is 0 Å². The topological polar surface area (TPSA) is 65.2 Å². The van der Waals surface area contributed by atoms with Crippen LogP contribution >= 0.6 is 0 Å². The van der Waals surface area contributed by atoms with Crippen molar-refractivity contribution in [3.05, 3.63) is 35.3 Å². The number of hydrogen-bond acceptors (Lipinski definition) is 5. The van der Waals surface area contributed by atoms with Gasteiger partial charge in [-0.2, -0.15) is 0 Å². The van der Waals surface area contributed by atoms with Gasteiger partial charge in [0.1, 0.15) is 0 Å². The predicted octanol–water partition coefficient (Wildman–Crippen LogP) is 3.10. The molecule has 5 heteroatoms. The largest absolute Gasteiger partial charge is 0.462 e. The zero-order chi connectivity index (χ0) is 14.1. The smallest absolute Gasteiger partial charge is 0.341 e. The summed E-state index contributed by atoms with van der Waals surface area (Å²) in [5, 5.41) is 0. The first-order valence-electron chi connectivity index (χ1n) is 6.79. The molecule has 1 aliphatic rings. The Bertz CT molecular complexity index is 644. The number of esters is 1. The number of carbonyl (C=O) groups excluding carboxylic acids is 1. The lowest BCUT2D eigenvalue weighted by Crippen LogP contribution is -2.11. The van der Waals surface area contributed by atoms with E-state index in [1.165, 1.54) is 0 Å². The molecule has 1 fully saturated rings. The van der Waals surface area contributed by atoms with Crippen molar-refractivity contribution in [3.8, 4) is 11.6 Å². The van der Waals surface area contributed by atoms with Crippen molar-refractivity contribution < 1.29 is 13.9 Å². The monoisotopic (exact) mass is 272 g/mol. The number of rotatable bonds is 4. The van der Waals surface area contributed by atoms with Crippen LogP contribution in [0, 0.1) is 6.92 Å². The first-order chi connectivity index (χ1) is 9.70. The second kappa shape index (κ2) is 5.07. The van der Waals surface area contributed by atoms with Gasteiger partial charge in [0.15, 0.2) is 11.6 Å². The van der Waals surface area contributed by atoms with Crippen LogP contribution in [0.4, 0.5) is 0 Å². The third-order valence-corrected chi connectivity index (χ3v) is 3.34. The number of ether oxygens (including phenoxy) is 1. The van der Waals surface area contributed by atoms with Crippen molar-refractivity contribution in [2.75, 3.05) is 6.61 Å². The summed E-state index contributed by atoms with van der Waals surface area (Å²) in [6.07, 6.45) is 5.28. The van der Waals surface area contributed by atoms with E-state index in [9.17, 15) is 4.79 Å². The van der Waals surface area contributed by atoms with Gasteiger partial charge in [0, 0.05) is 12.1 Å². The fraction of sp³-hybridized carbons (Fsp3) is 0.400. The lowest BCUT2D eigenvalue weighted by molar-refractivity contribution is 0.0524. The molecule has 0 bridgehead atoms. The summed E-state index contributed by atoms with van der Waals surface area (Å²) in [5.41, 5.74) is 2.24. The van der Waals surface area contributed by atoms with E-state index in [1.54, 1.807) is 19.4 Å². The average Bonchev–Trinajstić information content (AvgIpc) is 3.20. The average molecular weight is 272 g/mol. The van der Waals surface area contributed by atoms with E-state index in [-0.39, 0.29) is 5.97 Å². The van der Waals surface area contributed by atoms with Gasteiger partial charge >= 0.3 is 5.97 Å². The minimum atomic E-state index is -0.350. The van der Waals surface area contributed by atoms with Crippen LogP contribution in [0.15, 0.2) is 22.9 Å². The van der Waals surface area contributed by atoms with Gasteiger partial charge in [-0.1, -0.05) is 0 Å². The molecule has 0 amide bonds. The van der Waals surface area contributed by atoms with Gasteiger partial charge in [0.25, 0.3) is 0 Å². The van der Waals surface area contributed by atoms with E-state index < -0.39 is 0 Å². The second-order valence-electron chi connectivity index (χ2n) is 4.92. The number of nitrogens with zero attached hydrogens (tertiary/aromatic N) is 2. The maximum atomic E-state index is 11.9. The van der Waals surface area contributed by atoms with Crippen LogP contribution in [0.2, 0.25) is 0 Å². The van der Waals surface area contributed by atoms with Crippen molar-refractivity contribution in [3.63, 3.8) is 0 Å². The van der Waals surface area contributed by atoms with Crippen molar-refractivity contribution in [1.29, 1.82) is 0 Å². The standard InChI is InChI=1S/C15H16N2O3/c1-3-19-15(18)11-8-16-14(13-9(2)6-7-20-13)17-12(11)10-4-5-10/h6-8,10H,3-5H2,1-2H3. The van der Waals surface area contributed by atoms with Crippen LogP contribution in [-0.4, -0.2) is 22.5 Å². The SMILES string of the molecule is CCOC(=O)c1cnc(-c2occc2C)nc1C1CC1. The normalized spacial score (nSPS) is 14.3. The summed E-state index contributed by atoms with van der Waals surface area (Å²) >= 11 is 0. The van der Waals surface area contributed by atoms with Crippen LogP contribution in [0.5, 0.6) is 0 Å². The van der Waals surface area contributed by atoms with Crippen LogP contribution in [0.1, 0.15) is 47.3 Å². The third-order valence-electron chi connectivity index (χ3n) is 3.34. The summed E-state index contributed by atoms with van der Waals surface area (Å²) in [6, 6.07) is 1.87. The Morgan fingerprint density at radius 2 is 2.30 bits per heavy atom. The van der Waals surface area contributed by atoms with Crippen LogP contribution in [0.3, 0.4) is 0 Å². The fourth-order valence-corrected chi connectivity index (χ4v) is 2.14. The molecule has 0 unspecified atom stereocenters. The molecule has 0 spiro atoms. The van der Waals surface area contributed by atoms with E-state index in [2.05, 4.69) is 9.97 Å². The second-order valence-corrected chi connectivity index (χ2v) is 4.92. The number of hydrogen-bond donors (Lipinski definition) is 0. The number of aromatic nitrogens is 2. The Kier molecular flexibility index (Phi) is 3.26. The zero-order valence-corrected chi connectivity index (χ0v) is 11.5. The number of aryl methyl sites for hydroxylation is 1. The Labute approximate surface area is 117 Å². The molecule has 2 heterocycles. The van der Waals surface area contributed by atoms with Gasteiger partial charge in [-0.15, -0.1) is 0 Å². The molecule has 1 aliphatic carbocycles. The molecule has 104 valence electrons. The molecule has 0 N–H and O–H groups in total. The van der Waals surface area contributed by atoms with Gasteiger partial charge in [-0.3, -0.25) is 0 Å². The van der Waals surface area contributed by atoms with Crippen molar-refractivity contribution in [2.24, 2.45) is 0 Å². The van der Waals surface area contributed by atoms with Gasteiger partial charge in [-0.05, 0) is 38.3 Å². The molecule has 2 aromatic rings. The lowest BCUT2D eigenvalue weighted by Gasteiger charge is -2.08. The maximum absolute atomic E-state index is 11.9. The Morgan fingerprint density at radius 3 is 2.90 bits per heavy atom. The molecule has 0 saturated heterocycles. The molecule has 0 aromatic carbocycles. The predicted molar refractivity (Wildman–Crippen MR) is 72.4 cm³/mol. The zero-order valence-electron chi connectivity index (χ0n) is 11.5. The van der Waals surface area contributed by atoms with E-state index in [0.29, 0.717) is 29.7 Å². The molecule has 3 rings (SSSR count). The highest BCUT2D eigenvalue weighted by Gasteiger charge is 2.31. The summed E-state index contributed by atoms with van der Waals surface area (Å²) < 4.78 is 10.5. The highest BCUT2D eigenvalue weighted by molar-refractivity contribution is 5.90. The highest BCUT2D eigenvalue weighted by Crippen LogP contribution is 2.41. The summed E-state index contributed by atoms with van der Waals surface area (Å²) in [6.45, 7) is 4.08. The fourth-order valence-electron chi connectivity index (χ4n) is 2.14. The Morgan fingerprint density at radius 1 is 1.50 bits per heavy atom.